The number of para-hydroxylation sites is 1. The maximum Gasteiger partial charge on any atom is 0.255 e. The fourth-order valence-corrected chi connectivity index (χ4v) is 3.89. The fraction of sp³-hybridized carbons (Fsp3) is 0.238. The minimum Gasteiger partial charge on any atom is -0.355 e. The topological polar surface area (TPSA) is 99.3 Å². The minimum atomic E-state index is -0.129. The number of anilines is 1. The first-order valence-corrected chi connectivity index (χ1v) is 10.6. The van der Waals surface area contributed by atoms with Crippen molar-refractivity contribution in [3.05, 3.63) is 81.9 Å². The Balaban J connectivity index is 0.00000256. The molecule has 0 bridgehead atoms. The predicted octanol–water partition coefficient (Wildman–Crippen LogP) is 3.71. The number of nitrogens with one attached hydrogen (secondary N) is 3. The van der Waals surface area contributed by atoms with Gasteiger partial charge in [-0.3, -0.25) is 14.8 Å². The van der Waals surface area contributed by atoms with Gasteiger partial charge in [0, 0.05) is 53.5 Å². The van der Waals surface area contributed by atoms with Crippen LogP contribution in [0.25, 0.3) is 10.9 Å². The number of thioether (sulfide) groups is 1. The molecule has 0 fully saturated rings. The van der Waals surface area contributed by atoms with Crippen molar-refractivity contribution < 1.29 is 0 Å². The van der Waals surface area contributed by atoms with Gasteiger partial charge in [0.05, 0.1) is 17.5 Å². The van der Waals surface area contributed by atoms with E-state index in [1.807, 2.05) is 37.4 Å². The average molecular weight is 443 g/mol. The number of hydrogen-bond donors (Lipinski definition) is 3. The second kappa shape index (κ2) is 10.3. The number of halogens is 1. The minimum absolute atomic E-state index is 0. The Morgan fingerprint density at radius 1 is 1.13 bits per heavy atom. The van der Waals surface area contributed by atoms with Crippen LogP contribution >= 0.6 is 24.2 Å². The predicted molar refractivity (Wildman–Crippen MR) is 125 cm³/mol. The molecule has 30 heavy (non-hydrogen) atoms. The highest BCUT2D eigenvalue weighted by Gasteiger charge is 2.06. The molecule has 7 nitrogen and oxygen atoms in total. The Labute approximate surface area is 184 Å². The molecule has 3 N–H and O–H groups in total. The van der Waals surface area contributed by atoms with Gasteiger partial charge in [0.2, 0.25) is 5.95 Å². The Morgan fingerprint density at radius 2 is 2.00 bits per heavy atom. The lowest BCUT2D eigenvalue weighted by atomic mass is 10.1. The van der Waals surface area contributed by atoms with Gasteiger partial charge < -0.3 is 10.3 Å². The Bertz CT molecular complexity index is 1180. The molecule has 0 saturated carbocycles. The molecule has 156 valence electrons. The van der Waals surface area contributed by atoms with Crippen molar-refractivity contribution in [2.24, 2.45) is 0 Å². The molecule has 0 atom stereocenters. The van der Waals surface area contributed by atoms with Gasteiger partial charge >= 0.3 is 0 Å². The molecule has 0 saturated heterocycles. The molecule has 0 amide bonds. The smallest absolute Gasteiger partial charge is 0.255 e. The number of aromatic nitrogens is 5. The zero-order valence-electron chi connectivity index (χ0n) is 16.5. The SMILES string of the molecule is Cc1[nH]cnc1CSCCNc1ncc(Cc2cnc3ccccc3c2)c(=O)[nH]1.Cl. The van der Waals surface area contributed by atoms with Crippen molar-refractivity contribution in [2.45, 2.75) is 19.1 Å². The lowest BCUT2D eigenvalue weighted by Gasteiger charge is -2.07. The average Bonchev–Trinajstić information content (AvgIpc) is 3.14. The normalized spacial score (nSPS) is 10.7. The van der Waals surface area contributed by atoms with Crippen molar-refractivity contribution in [1.82, 2.24) is 24.9 Å². The zero-order valence-corrected chi connectivity index (χ0v) is 18.1. The van der Waals surface area contributed by atoms with Gasteiger partial charge in [-0.25, -0.2) is 9.97 Å². The Hall–Kier alpha value is -2.84. The van der Waals surface area contributed by atoms with Crippen molar-refractivity contribution >= 4 is 41.0 Å². The third-order valence-electron chi connectivity index (χ3n) is 4.63. The zero-order chi connectivity index (χ0) is 20.1. The van der Waals surface area contributed by atoms with Crippen molar-refractivity contribution in [2.75, 3.05) is 17.6 Å². The molecule has 4 rings (SSSR count). The number of rotatable bonds is 8. The Morgan fingerprint density at radius 3 is 2.80 bits per heavy atom. The molecule has 0 spiro atoms. The van der Waals surface area contributed by atoms with E-state index in [0.717, 1.165) is 39.4 Å². The van der Waals surface area contributed by atoms with E-state index in [2.05, 4.69) is 36.3 Å². The monoisotopic (exact) mass is 442 g/mol. The maximum absolute atomic E-state index is 12.4. The van der Waals surface area contributed by atoms with E-state index >= 15 is 0 Å². The molecular weight excluding hydrogens is 420 g/mol. The van der Waals surface area contributed by atoms with Gasteiger partial charge in [-0.2, -0.15) is 11.8 Å². The maximum atomic E-state index is 12.4. The summed E-state index contributed by atoms with van der Waals surface area (Å²) in [6, 6.07) is 10.0. The fourth-order valence-electron chi connectivity index (χ4n) is 3.01. The summed E-state index contributed by atoms with van der Waals surface area (Å²) in [7, 11) is 0. The highest BCUT2D eigenvalue weighted by molar-refractivity contribution is 7.98. The summed E-state index contributed by atoms with van der Waals surface area (Å²) >= 11 is 1.78. The van der Waals surface area contributed by atoms with Crippen LogP contribution in [0.3, 0.4) is 0 Å². The van der Waals surface area contributed by atoms with Gasteiger partial charge in [0.15, 0.2) is 0 Å². The number of aromatic amines is 2. The number of pyridine rings is 1. The van der Waals surface area contributed by atoms with Gasteiger partial charge in [0.25, 0.3) is 5.56 Å². The Kier molecular flexibility index (Phi) is 7.48. The first-order valence-electron chi connectivity index (χ1n) is 9.41. The van der Waals surface area contributed by atoms with Crippen LogP contribution in [-0.4, -0.2) is 37.2 Å². The molecule has 3 aromatic heterocycles. The van der Waals surface area contributed by atoms with E-state index in [1.54, 1.807) is 24.3 Å². The van der Waals surface area contributed by atoms with E-state index in [0.29, 0.717) is 24.5 Å². The van der Waals surface area contributed by atoms with E-state index in [4.69, 9.17) is 0 Å². The molecule has 0 radical (unpaired) electrons. The lowest BCUT2D eigenvalue weighted by Crippen LogP contribution is -2.18. The van der Waals surface area contributed by atoms with E-state index < -0.39 is 0 Å². The van der Waals surface area contributed by atoms with Gasteiger partial charge in [-0.05, 0) is 24.6 Å². The summed E-state index contributed by atoms with van der Waals surface area (Å²) in [4.78, 5) is 31.4. The van der Waals surface area contributed by atoms with E-state index in [1.165, 1.54) is 0 Å². The molecule has 4 aromatic rings. The number of nitrogens with zero attached hydrogens (tertiary/aromatic N) is 3. The molecule has 3 heterocycles. The molecule has 0 aliphatic carbocycles. The molecular formula is C21H23ClN6OS. The summed E-state index contributed by atoms with van der Waals surface area (Å²) in [6.07, 6.45) is 5.66. The van der Waals surface area contributed by atoms with Crippen molar-refractivity contribution in [3.63, 3.8) is 0 Å². The van der Waals surface area contributed by atoms with Gasteiger partial charge in [-0.1, -0.05) is 18.2 Å². The molecule has 0 unspecified atom stereocenters. The van der Waals surface area contributed by atoms with Crippen LogP contribution in [0.5, 0.6) is 0 Å². The first-order chi connectivity index (χ1) is 14.2. The summed E-state index contributed by atoms with van der Waals surface area (Å²) < 4.78 is 0. The number of hydrogen-bond acceptors (Lipinski definition) is 6. The van der Waals surface area contributed by atoms with Crippen LogP contribution in [0.15, 0.2) is 53.8 Å². The van der Waals surface area contributed by atoms with Crippen LogP contribution in [0, 0.1) is 6.92 Å². The third-order valence-corrected chi connectivity index (χ3v) is 5.60. The second-order valence-corrected chi connectivity index (χ2v) is 7.86. The number of benzene rings is 1. The van der Waals surface area contributed by atoms with Crippen LogP contribution in [0.1, 0.15) is 22.5 Å². The number of fused-ring (bicyclic) bond motifs is 1. The highest BCUT2D eigenvalue weighted by Crippen LogP contribution is 2.15. The quantitative estimate of drug-likeness (QED) is 0.360. The number of imidazole rings is 1. The summed E-state index contributed by atoms with van der Waals surface area (Å²) in [6.45, 7) is 2.73. The highest BCUT2D eigenvalue weighted by atomic mass is 35.5. The number of H-pyrrole nitrogens is 2. The van der Waals surface area contributed by atoms with Crippen molar-refractivity contribution in [3.8, 4) is 0 Å². The van der Waals surface area contributed by atoms with Crippen molar-refractivity contribution in [1.29, 1.82) is 0 Å². The molecule has 1 aromatic carbocycles. The van der Waals surface area contributed by atoms with Crippen LogP contribution in [0.2, 0.25) is 0 Å². The summed E-state index contributed by atoms with van der Waals surface area (Å²) in [5, 5.41) is 4.23. The van der Waals surface area contributed by atoms with Crippen LogP contribution in [0.4, 0.5) is 5.95 Å². The third kappa shape index (κ3) is 5.40. The second-order valence-electron chi connectivity index (χ2n) is 6.75. The molecule has 0 aliphatic heterocycles. The van der Waals surface area contributed by atoms with E-state index in [9.17, 15) is 4.79 Å². The largest absolute Gasteiger partial charge is 0.355 e. The standard InChI is InChI=1S/C21H22N6OS.ClH/c1-14-19(26-13-25-14)12-29-7-6-22-21-24-11-17(20(28)27-21)9-15-8-16-4-2-3-5-18(16)23-10-15;/h2-5,8,10-11,13H,6-7,9,12H2,1H3,(H,25,26)(H2,22,24,27,28);1H. The molecule has 9 heteroatoms. The van der Waals surface area contributed by atoms with E-state index in [-0.39, 0.29) is 18.0 Å². The van der Waals surface area contributed by atoms with Crippen LogP contribution in [-0.2, 0) is 12.2 Å². The number of aryl methyl sites for hydroxylation is 1. The lowest BCUT2D eigenvalue weighted by molar-refractivity contribution is 1.00. The van der Waals surface area contributed by atoms with Gasteiger partial charge in [0.1, 0.15) is 0 Å². The van der Waals surface area contributed by atoms with Crippen LogP contribution < -0.4 is 10.9 Å². The molecule has 0 aliphatic rings. The van der Waals surface area contributed by atoms with Gasteiger partial charge in [-0.15, -0.1) is 12.4 Å². The first kappa shape index (κ1) is 21.9. The summed E-state index contributed by atoms with van der Waals surface area (Å²) in [5.41, 5.74) is 4.61. The summed E-state index contributed by atoms with van der Waals surface area (Å²) in [5.74, 6) is 2.24.